The van der Waals surface area contributed by atoms with Crippen LogP contribution in [-0.2, 0) is 4.74 Å². The maximum atomic E-state index is 11.7. The Balaban J connectivity index is 1.86. The lowest BCUT2D eigenvalue weighted by Crippen LogP contribution is -2.04. The summed E-state index contributed by atoms with van der Waals surface area (Å²) >= 11 is 6.25. The van der Waals surface area contributed by atoms with E-state index in [4.69, 9.17) is 16.3 Å². The maximum absolute atomic E-state index is 11.7. The van der Waals surface area contributed by atoms with Crippen LogP contribution in [0.2, 0.25) is 5.02 Å². The van der Waals surface area contributed by atoms with Crippen LogP contribution < -0.4 is 10.6 Å². The van der Waals surface area contributed by atoms with Crippen molar-refractivity contribution in [2.75, 3.05) is 17.7 Å². The van der Waals surface area contributed by atoms with E-state index in [9.17, 15) is 4.79 Å². The maximum Gasteiger partial charge on any atom is 0.337 e. The first-order chi connectivity index (χ1) is 13.4. The van der Waals surface area contributed by atoms with Crippen LogP contribution >= 0.6 is 11.6 Å². The van der Waals surface area contributed by atoms with Gasteiger partial charge in [0, 0.05) is 11.9 Å². The molecule has 0 unspecified atom stereocenters. The molecule has 0 saturated heterocycles. The minimum Gasteiger partial charge on any atom is -0.465 e. The van der Waals surface area contributed by atoms with Crippen LogP contribution in [0.15, 0.2) is 42.6 Å². The Bertz CT molecular complexity index is 1010. The van der Waals surface area contributed by atoms with E-state index < -0.39 is 5.97 Å². The largest absolute Gasteiger partial charge is 0.465 e. The van der Waals surface area contributed by atoms with Crippen LogP contribution in [0.3, 0.4) is 0 Å². The first-order valence-electron chi connectivity index (χ1n) is 8.70. The molecule has 6 nitrogen and oxygen atoms in total. The molecule has 1 heterocycles. The fourth-order valence-electron chi connectivity index (χ4n) is 2.98. The molecule has 0 spiro atoms. The van der Waals surface area contributed by atoms with Crippen molar-refractivity contribution in [2.24, 2.45) is 0 Å². The Kier molecular flexibility index (Phi) is 5.80. The van der Waals surface area contributed by atoms with E-state index >= 15 is 0 Å². The van der Waals surface area contributed by atoms with Crippen LogP contribution in [0.25, 0.3) is 0 Å². The highest BCUT2D eigenvalue weighted by molar-refractivity contribution is 6.33. The molecule has 1 aromatic heterocycles. The fraction of sp³-hybridized carbons (Fsp3) is 0.190. The molecule has 3 rings (SSSR count). The quantitative estimate of drug-likeness (QED) is 0.568. The van der Waals surface area contributed by atoms with Crippen molar-refractivity contribution in [3.05, 3.63) is 69.9 Å². The summed E-state index contributed by atoms with van der Waals surface area (Å²) in [6.45, 7) is 6.15. The van der Waals surface area contributed by atoms with Crippen molar-refractivity contribution in [3.63, 3.8) is 0 Å². The molecule has 0 aliphatic rings. The van der Waals surface area contributed by atoms with E-state index in [1.807, 2.05) is 13.8 Å². The molecule has 0 fully saturated rings. The summed E-state index contributed by atoms with van der Waals surface area (Å²) in [4.78, 5) is 20.5. The summed E-state index contributed by atoms with van der Waals surface area (Å²) in [6.07, 6.45) is 1.65. The number of anilines is 4. The molecule has 3 aromatic rings. The van der Waals surface area contributed by atoms with E-state index in [0.29, 0.717) is 28.0 Å². The molecule has 0 aliphatic carbocycles. The Hall–Kier alpha value is -3.12. The zero-order valence-electron chi connectivity index (χ0n) is 16.1. The van der Waals surface area contributed by atoms with Gasteiger partial charge in [-0.05, 0) is 56.2 Å². The summed E-state index contributed by atoms with van der Waals surface area (Å²) in [5.74, 6) is 0.569. The van der Waals surface area contributed by atoms with E-state index in [1.54, 1.807) is 30.5 Å². The van der Waals surface area contributed by atoms with Crippen molar-refractivity contribution in [1.82, 2.24) is 9.97 Å². The number of methoxy groups -OCH3 is 1. The van der Waals surface area contributed by atoms with Gasteiger partial charge in [-0.1, -0.05) is 29.3 Å². The molecule has 28 heavy (non-hydrogen) atoms. The van der Waals surface area contributed by atoms with Gasteiger partial charge in [0.2, 0.25) is 5.95 Å². The number of aryl methyl sites for hydroxylation is 3. The molecule has 0 bridgehead atoms. The molecule has 0 aliphatic heterocycles. The lowest BCUT2D eigenvalue weighted by Gasteiger charge is -2.14. The summed E-state index contributed by atoms with van der Waals surface area (Å²) in [7, 11) is 1.33. The van der Waals surface area contributed by atoms with Crippen molar-refractivity contribution < 1.29 is 9.53 Å². The molecule has 7 heteroatoms. The first-order valence-corrected chi connectivity index (χ1v) is 9.08. The third-order valence-corrected chi connectivity index (χ3v) is 4.55. The molecule has 2 aromatic carbocycles. The molecule has 144 valence electrons. The zero-order chi connectivity index (χ0) is 20.3. The second-order valence-electron chi connectivity index (χ2n) is 6.48. The monoisotopic (exact) mass is 396 g/mol. The van der Waals surface area contributed by atoms with E-state index in [2.05, 4.69) is 39.7 Å². The molecular weight excluding hydrogens is 376 g/mol. The number of nitrogens with zero attached hydrogens (tertiary/aromatic N) is 2. The summed E-state index contributed by atoms with van der Waals surface area (Å²) in [5.41, 5.74) is 5.37. The molecule has 0 atom stereocenters. The topological polar surface area (TPSA) is 76.1 Å². The van der Waals surface area contributed by atoms with Crippen LogP contribution in [0.5, 0.6) is 0 Å². The Morgan fingerprint density at radius 2 is 1.75 bits per heavy atom. The average Bonchev–Trinajstić information content (AvgIpc) is 2.66. The van der Waals surface area contributed by atoms with E-state index in [-0.39, 0.29) is 0 Å². The van der Waals surface area contributed by atoms with Gasteiger partial charge in [-0.3, -0.25) is 0 Å². The highest BCUT2D eigenvalue weighted by Crippen LogP contribution is 2.28. The van der Waals surface area contributed by atoms with Crippen LogP contribution in [-0.4, -0.2) is 23.0 Å². The molecular formula is C21H21ClN4O2. The molecule has 0 saturated carbocycles. The van der Waals surface area contributed by atoms with Gasteiger partial charge in [0.05, 0.1) is 23.4 Å². The second kappa shape index (κ2) is 8.27. The van der Waals surface area contributed by atoms with Crippen molar-refractivity contribution in [3.8, 4) is 0 Å². The number of hydrogen-bond acceptors (Lipinski definition) is 6. The predicted molar refractivity (Wildman–Crippen MR) is 112 cm³/mol. The molecule has 2 N–H and O–H groups in total. The number of carbonyl (C=O) groups is 1. The van der Waals surface area contributed by atoms with E-state index in [0.717, 1.165) is 16.8 Å². The summed E-state index contributed by atoms with van der Waals surface area (Å²) in [6, 6.07) is 10.8. The minimum absolute atomic E-state index is 0.396. The SMILES string of the molecule is COC(=O)c1ccc(Cl)c(Nc2ccnc(Nc3c(C)cc(C)cc3C)n2)c1. The summed E-state index contributed by atoms with van der Waals surface area (Å²) < 4.78 is 4.75. The van der Waals surface area contributed by atoms with Gasteiger partial charge in [0.25, 0.3) is 0 Å². The van der Waals surface area contributed by atoms with Gasteiger partial charge in [0.15, 0.2) is 0 Å². The third kappa shape index (κ3) is 4.40. The zero-order valence-corrected chi connectivity index (χ0v) is 16.9. The average molecular weight is 397 g/mol. The highest BCUT2D eigenvalue weighted by Gasteiger charge is 2.11. The van der Waals surface area contributed by atoms with Crippen molar-refractivity contribution >= 4 is 40.7 Å². The fourth-order valence-corrected chi connectivity index (χ4v) is 3.15. The van der Waals surface area contributed by atoms with E-state index in [1.165, 1.54) is 12.7 Å². The Morgan fingerprint density at radius 1 is 1.04 bits per heavy atom. The van der Waals surface area contributed by atoms with Gasteiger partial charge < -0.3 is 15.4 Å². The summed E-state index contributed by atoms with van der Waals surface area (Å²) in [5, 5.41) is 6.87. The molecule has 0 radical (unpaired) electrons. The predicted octanol–water partition coefficient (Wildman–Crippen LogP) is 5.33. The van der Waals surface area contributed by atoms with Gasteiger partial charge in [-0.25, -0.2) is 9.78 Å². The van der Waals surface area contributed by atoms with Gasteiger partial charge in [-0.15, -0.1) is 0 Å². The molecule has 0 amide bonds. The number of ether oxygens (including phenoxy) is 1. The second-order valence-corrected chi connectivity index (χ2v) is 6.88. The lowest BCUT2D eigenvalue weighted by atomic mass is 10.1. The number of carbonyl (C=O) groups excluding carboxylic acids is 1. The minimum atomic E-state index is -0.435. The van der Waals surface area contributed by atoms with Crippen molar-refractivity contribution in [2.45, 2.75) is 20.8 Å². The Morgan fingerprint density at radius 3 is 2.43 bits per heavy atom. The van der Waals surface area contributed by atoms with Gasteiger partial charge >= 0.3 is 5.97 Å². The number of rotatable bonds is 5. The van der Waals surface area contributed by atoms with Crippen LogP contribution in [0.1, 0.15) is 27.0 Å². The number of benzene rings is 2. The van der Waals surface area contributed by atoms with Crippen LogP contribution in [0, 0.1) is 20.8 Å². The number of hydrogen-bond donors (Lipinski definition) is 2. The number of nitrogens with one attached hydrogen (secondary N) is 2. The number of halogens is 1. The number of esters is 1. The van der Waals surface area contributed by atoms with Gasteiger partial charge in [0.1, 0.15) is 5.82 Å². The van der Waals surface area contributed by atoms with Crippen LogP contribution in [0.4, 0.5) is 23.1 Å². The standard InChI is InChI=1S/C21H21ClN4O2/c1-12-9-13(2)19(14(3)10-12)26-21-23-8-7-18(25-21)24-17-11-15(20(27)28-4)5-6-16(17)22/h5-11H,1-4H3,(H2,23,24,25,26). The van der Waals surface area contributed by atoms with Gasteiger partial charge in [-0.2, -0.15) is 4.98 Å². The highest BCUT2D eigenvalue weighted by atomic mass is 35.5. The third-order valence-electron chi connectivity index (χ3n) is 4.22. The lowest BCUT2D eigenvalue weighted by molar-refractivity contribution is 0.0601. The first kappa shape index (κ1) is 19.6. The normalized spacial score (nSPS) is 10.5. The smallest absolute Gasteiger partial charge is 0.337 e. The number of aromatic nitrogens is 2. The van der Waals surface area contributed by atoms with Crippen molar-refractivity contribution in [1.29, 1.82) is 0 Å². The Labute approximate surface area is 168 Å².